The van der Waals surface area contributed by atoms with Crippen molar-refractivity contribution in [3.05, 3.63) is 70.8 Å². The maximum atomic E-state index is 12.6. The molecule has 3 rings (SSSR count). The van der Waals surface area contributed by atoms with Crippen molar-refractivity contribution in [2.75, 3.05) is 13.1 Å². The first-order chi connectivity index (χ1) is 12.6. The number of benzene rings is 2. The van der Waals surface area contributed by atoms with Crippen LogP contribution in [-0.2, 0) is 6.54 Å². The number of nitrogens with two attached hydrogens (primary N) is 1. The van der Waals surface area contributed by atoms with Crippen molar-refractivity contribution in [3.63, 3.8) is 0 Å². The minimum atomic E-state index is -0.369. The lowest BCUT2D eigenvalue weighted by molar-refractivity contribution is 0.0642. The van der Waals surface area contributed by atoms with E-state index in [0.29, 0.717) is 24.2 Å². The highest BCUT2D eigenvalue weighted by Gasteiger charge is 2.35. The summed E-state index contributed by atoms with van der Waals surface area (Å²) in [6, 6.07) is 14.0. The van der Waals surface area contributed by atoms with Gasteiger partial charge in [-0.15, -0.1) is 12.4 Å². The molecule has 1 aliphatic rings. The smallest absolute Gasteiger partial charge is 0.261 e. The first kappa shape index (κ1) is 20.6. The number of carbonyl (C=O) groups excluding carboxylic acids is 3. The second-order valence-corrected chi connectivity index (χ2v) is 6.19. The van der Waals surface area contributed by atoms with E-state index in [0.717, 1.165) is 18.4 Å². The van der Waals surface area contributed by atoms with Crippen LogP contribution in [-0.4, -0.2) is 35.7 Å². The lowest BCUT2D eigenvalue weighted by atomic mass is 10.1. The zero-order valence-corrected chi connectivity index (χ0v) is 15.6. The van der Waals surface area contributed by atoms with E-state index >= 15 is 0 Å². The number of halogens is 1. The number of amides is 3. The van der Waals surface area contributed by atoms with E-state index in [9.17, 15) is 14.4 Å². The molecule has 0 bridgehead atoms. The second kappa shape index (κ2) is 9.30. The first-order valence-corrected chi connectivity index (χ1v) is 8.64. The van der Waals surface area contributed by atoms with Crippen LogP contribution in [0.4, 0.5) is 0 Å². The summed E-state index contributed by atoms with van der Waals surface area (Å²) >= 11 is 0. The van der Waals surface area contributed by atoms with Crippen molar-refractivity contribution in [2.24, 2.45) is 5.73 Å². The number of carbonyl (C=O) groups is 3. The number of imide groups is 1. The van der Waals surface area contributed by atoms with Gasteiger partial charge in [-0.3, -0.25) is 19.3 Å². The van der Waals surface area contributed by atoms with Crippen molar-refractivity contribution >= 4 is 30.1 Å². The van der Waals surface area contributed by atoms with Gasteiger partial charge in [0.15, 0.2) is 0 Å². The molecule has 3 N–H and O–H groups in total. The van der Waals surface area contributed by atoms with Gasteiger partial charge in [0.1, 0.15) is 0 Å². The highest BCUT2D eigenvalue weighted by atomic mass is 35.5. The largest absolute Gasteiger partial charge is 0.352 e. The summed E-state index contributed by atoms with van der Waals surface area (Å²) in [6.45, 7) is 1.33. The van der Waals surface area contributed by atoms with Crippen LogP contribution in [0.5, 0.6) is 0 Å². The summed E-state index contributed by atoms with van der Waals surface area (Å²) in [5, 5.41) is 2.80. The zero-order chi connectivity index (χ0) is 18.5. The van der Waals surface area contributed by atoms with E-state index in [1.54, 1.807) is 12.1 Å². The Labute approximate surface area is 164 Å². The third-order valence-electron chi connectivity index (χ3n) is 4.33. The van der Waals surface area contributed by atoms with Gasteiger partial charge < -0.3 is 11.1 Å². The molecule has 6 nitrogen and oxygen atoms in total. The van der Waals surface area contributed by atoms with Crippen LogP contribution in [0.15, 0.2) is 48.5 Å². The number of unbranched alkanes of at least 4 members (excludes halogenated alkanes) is 1. The topological polar surface area (TPSA) is 92.5 Å². The van der Waals surface area contributed by atoms with Gasteiger partial charge in [-0.1, -0.05) is 30.3 Å². The Bertz CT molecular complexity index is 840. The quantitative estimate of drug-likeness (QED) is 0.563. The molecule has 0 fully saturated rings. The molecule has 2 aromatic carbocycles. The monoisotopic (exact) mass is 387 g/mol. The van der Waals surface area contributed by atoms with Crippen molar-refractivity contribution in [3.8, 4) is 0 Å². The molecule has 1 aliphatic heterocycles. The number of hydrogen-bond donors (Lipinski definition) is 2. The van der Waals surface area contributed by atoms with E-state index in [4.69, 9.17) is 5.73 Å². The molecule has 27 heavy (non-hydrogen) atoms. The predicted octanol–water partition coefficient (Wildman–Crippen LogP) is 2.37. The Kier molecular flexibility index (Phi) is 7.10. The summed E-state index contributed by atoms with van der Waals surface area (Å²) in [5.41, 5.74) is 7.29. The number of nitrogens with zero attached hydrogens (tertiary/aromatic N) is 1. The highest BCUT2D eigenvalue weighted by molar-refractivity contribution is 6.22. The van der Waals surface area contributed by atoms with Crippen molar-refractivity contribution in [1.82, 2.24) is 10.2 Å². The Morgan fingerprint density at radius 2 is 1.67 bits per heavy atom. The average molecular weight is 388 g/mol. The minimum absolute atomic E-state index is 0. The van der Waals surface area contributed by atoms with Gasteiger partial charge in [0.2, 0.25) is 0 Å². The lowest BCUT2D eigenvalue weighted by Crippen LogP contribution is -2.29. The van der Waals surface area contributed by atoms with Crippen LogP contribution in [0.2, 0.25) is 0 Å². The number of hydrogen-bond acceptors (Lipinski definition) is 4. The van der Waals surface area contributed by atoms with Gasteiger partial charge in [0.25, 0.3) is 17.7 Å². The Morgan fingerprint density at radius 1 is 0.963 bits per heavy atom. The second-order valence-electron chi connectivity index (χ2n) is 6.19. The van der Waals surface area contributed by atoms with E-state index in [-0.39, 0.29) is 42.2 Å². The Hall–Kier alpha value is -2.70. The fraction of sp³-hybridized carbons (Fsp3) is 0.250. The van der Waals surface area contributed by atoms with Crippen LogP contribution in [0, 0.1) is 0 Å². The molecule has 142 valence electrons. The van der Waals surface area contributed by atoms with Gasteiger partial charge in [0, 0.05) is 12.1 Å². The molecule has 0 saturated carbocycles. The third-order valence-corrected chi connectivity index (χ3v) is 4.33. The molecule has 0 aromatic heterocycles. The molecule has 0 aliphatic carbocycles. The zero-order valence-electron chi connectivity index (χ0n) is 14.8. The van der Waals surface area contributed by atoms with Crippen LogP contribution in [0.25, 0.3) is 0 Å². The van der Waals surface area contributed by atoms with Crippen LogP contribution in [0.3, 0.4) is 0 Å². The minimum Gasteiger partial charge on any atom is -0.352 e. The standard InChI is InChI=1S/C20H21N3O3.ClH/c21-10-4-5-11-22-18(24)15-8-9-16-17(12-15)20(26)23(19(16)25)13-14-6-2-1-3-7-14;/h1-3,6-9,12H,4-5,10-11,13,21H2,(H,22,24);1H. The fourth-order valence-corrected chi connectivity index (χ4v) is 2.91. The summed E-state index contributed by atoms with van der Waals surface area (Å²) in [7, 11) is 0. The van der Waals surface area contributed by atoms with Crippen LogP contribution >= 0.6 is 12.4 Å². The molecule has 0 radical (unpaired) electrons. The van der Waals surface area contributed by atoms with E-state index in [1.165, 1.54) is 11.0 Å². The van der Waals surface area contributed by atoms with Gasteiger partial charge in [-0.2, -0.15) is 0 Å². The Morgan fingerprint density at radius 3 is 2.37 bits per heavy atom. The first-order valence-electron chi connectivity index (χ1n) is 8.64. The van der Waals surface area contributed by atoms with Gasteiger partial charge in [0.05, 0.1) is 17.7 Å². The molecule has 7 heteroatoms. The maximum Gasteiger partial charge on any atom is 0.261 e. The SMILES string of the molecule is Cl.NCCCCNC(=O)c1ccc2c(c1)C(=O)N(Cc1ccccc1)C2=O. The van der Waals surface area contributed by atoms with Gasteiger partial charge >= 0.3 is 0 Å². The van der Waals surface area contributed by atoms with Crippen molar-refractivity contribution in [1.29, 1.82) is 0 Å². The molecular formula is C20H22ClN3O3. The number of fused-ring (bicyclic) bond motifs is 1. The summed E-state index contributed by atoms with van der Waals surface area (Å²) in [6.07, 6.45) is 1.64. The highest BCUT2D eigenvalue weighted by Crippen LogP contribution is 2.25. The van der Waals surface area contributed by atoms with E-state index in [1.807, 2.05) is 30.3 Å². The lowest BCUT2D eigenvalue weighted by Gasteiger charge is -2.13. The number of rotatable bonds is 7. The molecule has 3 amide bonds. The molecule has 0 spiro atoms. The van der Waals surface area contributed by atoms with E-state index < -0.39 is 0 Å². The molecular weight excluding hydrogens is 366 g/mol. The summed E-state index contributed by atoms with van der Waals surface area (Å²) in [4.78, 5) is 38.6. The fourth-order valence-electron chi connectivity index (χ4n) is 2.91. The van der Waals surface area contributed by atoms with Gasteiger partial charge in [-0.25, -0.2) is 0 Å². The molecule has 0 atom stereocenters. The van der Waals surface area contributed by atoms with Crippen LogP contribution in [0.1, 0.15) is 49.5 Å². The summed E-state index contributed by atoms with van der Waals surface area (Å²) < 4.78 is 0. The van der Waals surface area contributed by atoms with Crippen LogP contribution < -0.4 is 11.1 Å². The van der Waals surface area contributed by atoms with Gasteiger partial charge in [-0.05, 0) is 43.1 Å². The normalized spacial score (nSPS) is 12.6. The van der Waals surface area contributed by atoms with Crippen molar-refractivity contribution < 1.29 is 14.4 Å². The molecule has 2 aromatic rings. The Balaban J connectivity index is 0.00000261. The third kappa shape index (κ3) is 4.53. The molecule has 1 heterocycles. The maximum absolute atomic E-state index is 12.6. The molecule has 0 saturated heterocycles. The van der Waals surface area contributed by atoms with E-state index in [2.05, 4.69) is 5.32 Å². The average Bonchev–Trinajstić information content (AvgIpc) is 2.90. The number of nitrogens with one attached hydrogen (secondary N) is 1. The predicted molar refractivity (Wildman–Crippen MR) is 105 cm³/mol. The molecule has 0 unspecified atom stereocenters. The van der Waals surface area contributed by atoms with Crippen molar-refractivity contribution in [2.45, 2.75) is 19.4 Å². The summed E-state index contributed by atoms with van der Waals surface area (Å²) in [5.74, 6) is -0.957.